The van der Waals surface area contributed by atoms with Crippen molar-refractivity contribution in [2.24, 2.45) is 0 Å². The largest absolute Gasteiger partial charge is 0.508 e. The van der Waals surface area contributed by atoms with Gasteiger partial charge < -0.3 is 25.4 Å². The van der Waals surface area contributed by atoms with Gasteiger partial charge in [-0.05, 0) is 83.6 Å². The maximum absolute atomic E-state index is 14.0. The van der Waals surface area contributed by atoms with Gasteiger partial charge in [-0.15, -0.1) is 0 Å². The molecule has 1 aliphatic rings. The van der Waals surface area contributed by atoms with Crippen molar-refractivity contribution in [2.75, 3.05) is 12.0 Å². The molecule has 8 nitrogen and oxygen atoms in total. The maximum atomic E-state index is 14.0. The van der Waals surface area contributed by atoms with Gasteiger partial charge in [0.1, 0.15) is 23.4 Å². The lowest BCUT2D eigenvalue weighted by Crippen LogP contribution is -2.56. The number of phenols is 1. The fourth-order valence-corrected chi connectivity index (χ4v) is 4.90. The summed E-state index contributed by atoms with van der Waals surface area (Å²) in [5, 5.41) is 15.7. The molecule has 2 rings (SSSR count). The molecule has 202 valence electrons. The molecule has 2 unspecified atom stereocenters. The number of alkyl carbamates (subject to hydrolysis) is 1. The summed E-state index contributed by atoms with van der Waals surface area (Å²) in [6.45, 7) is 9.02. The molecule has 36 heavy (non-hydrogen) atoms. The number of nitrogens with zero attached hydrogens (tertiary/aromatic N) is 1. The lowest BCUT2D eigenvalue weighted by Gasteiger charge is -2.38. The highest BCUT2D eigenvalue weighted by Crippen LogP contribution is 2.28. The monoisotopic (exact) mass is 521 g/mol. The molecule has 0 aliphatic heterocycles. The molecule has 3 amide bonds. The average Bonchev–Trinajstić information content (AvgIpc) is 2.79. The molecule has 1 saturated carbocycles. The molecule has 0 aromatic heterocycles. The first kappa shape index (κ1) is 29.8. The molecular formula is C27H43N3O5S. The highest BCUT2D eigenvalue weighted by Gasteiger charge is 2.38. The van der Waals surface area contributed by atoms with Crippen molar-refractivity contribution in [3.63, 3.8) is 0 Å². The number of phenolic OH excluding ortho intramolecular Hbond substituents is 1. The second kappa shape index (κ2) is 13.8. The van der Waals surface area contributed by atoms with Crippen LogP contribution in [0.25, 0.3) is 0 Å². The minimum Gasteiger partial charge on any atom is -0.508 e. The number of hydrogen-bond acceptors (Lipinski definition) is 6. The second-order valence-electron chi connectivity index (χ2n) is 10.7. The smallest absolute Gasteiger partial charge is 0.408 e. The number of aromatic hydroxyl groups is 1. The molecule has 0 spiro atoms. The molecule has 1 fully saturated rings. The van der Waals surface area contributed by atoms with Gasteiger partial charge in [-0.2, -0.15) is 11.8 Å². The van der Waals surface area contributed by atoms with Gasteiger partial charge in [0.25, 0.3) is 0 Å². The van der Waals surface area contributed by atoms with E-state index in [0.29, 0.717) is 17.7 Å². The zero-order chi connectivity index (χ0) is 26.9. The van der Waals surface area contributed by atoms with Gasteiger partial charge in [-0.3, -0.25) is 9.59 Å². The Labute approximate surface area is 219 Å². The summed E-state index contributed by atoms with van der Waals surface area (Å²) < 4.78 is 5.41. The predicted octanol–water partition coefficient (Wildman–Crippen LogP) is 4.77. The van der Waals surface area contributed by atoms with Gasteiger partial charge in [-0.1, -0.05) is 31.4 Å². The molecule has 2 atom stereocenters. The van der Waals surface area contributed by atoms with Crippen molar-refractivity contribution >= 4 is 29.7 Å². The van der Waals surface area contributed by atoms with Crippen LogP contribution in [0.3, 0.4) is 0 Å². The summed E-state index contributed by atoms with van der Waals surface area (Å²) in [6, 6.07) is 4.36. The zero-order valence-electron chi connectivity index (χ0n) is 22.5. The summed E-state index contributed by atoms with van der Waals surface area (Å²) in [7, 11) is 0. The van der Waals surface area contributed by atoms with Gasteiger partial charge in [0.2, 0.25) is 11.8 Å². The van der Waals surface area contributed by atoms with E-state index in [1.54, 1.807) is 49.6 Å². The maximum Gasteiger partial charge on any atom is 0.408 e. The van der Waals surface area contributed by atoms with Crippen LogP contribution in [0, 0.1) is 0 Å². The number of thioether (sulfide) groups is 1. The molecule has 0 heterocycles. The minimum atomic E-state index is -0.905. The highest BCUT2D eigenvalue weighted by atomic mass is 32.2. The van der Waals surface area contributed by atoms with Gasteiger partial charge in [-0.25, -0.2) is 4.79 Å². The Morgan fingerprint density at radius 3 is 2.25 bits per heavy atom. The van der Waals surface area contributed by atoms with Crippen LogP contribution in [-0.2, 0) is 14.3 Å². The molecule has 9 heteroatoms. The zero-order valence-corrected chi connectivity index (χ0v) is 23.3. The third-order valence-electron chi connectivity index (χ3n) is 6.10. The van der Waals surface area contributed by atoms with Gasteiger partial charge in [0, 0.05) is 12.1 Å². The number of hydrogen-bond donors (Lipinski definition) is 3. The molecular weight excluding hydrogens is 478 g/mol. The van der Waals surface area contributed by atoms with E-state index < -0.39 is 23.8 Å². The Morgan fingerprint density at radius 2 is 1.72 bits per heavy atom. The number of carbonyl (C=O) groups is 3. The van der Waals surface area contributed by atoms with Gasteiger partial charge in [0.15, 0.2) is 0 Å². The van der Waals surface area contributed by atoms with Crippen LogP contribution in [-0.4, -0.2) is 63.6 Å². The molecule has 3 N–H and O–H groups in total. The number of amides is 3. The molecule has 1 aromatic rings. The molecule has 1 aromatic carbocycles. The summed E-state index contributed by atoms with van der Waals surface area (Å²) in [6.07, 6.45) is 6.80. The Balaban J connectivity index is 2.40. The number of ether oxygens (including phenoxy) is 1. The third-order valence-corrected chi connectivity index (χ3v) is 6.74. The number of nitrogens with one attached hydrogen (secondary N) is 2. The van der Waals surface area contributed by atoms with Crippen molar-refractivity contribution in [1.82, 2.24) is 15.5 Å². The number of carbonyl (C=O) groups excluding carboxylic acids is 3. The predicted molar refractivity (Wildman–Crippen MR) is 144 cm³/mol. The van der Waals surface area contributed by atoms with E-state index >= 15 is 0 Å². The van der Waals surface area contributed by atoms with Crippen LogP contribution < -0.4 is 10.6 Å². The van der Waals surface area contributed by atoms with Crippen LogP contribution in [0.15, 0.2) is 24.3 Å². The summed E-state index contributed by atoms with van der Waals surface area (Å²) in [4.78, 5) is 41.8. The fraction of sp³-hybridized carbons (Fsp3) is 0.667. The normalized spacial score (nSPS) is 16.2. The van der Waals surface area contributed by atoms with Crippen molar-refractivity contribution in [3.05, 3.63) is 29.8 Å². The Hall–Kier alpha value is -2.42. The van der Waals surface area contributed by atoms with Crippen molar-refractivity contribution in [1.29, 1.82) is 0 Å². The summed E-state index contributed by atoms with van der Waals surface area (Å²) in [5.74, 6) is 0.130. The highest BCUT2D eigenvalue weighted by molar-refractivity contribution is 7.98. The fourth-order valence-electron chi connectivity index (χ4n) is 4.42. The van der Waals surface area contributed by atoms with Crippen LogP contribution in [0.4, 0.5) is 4.79 Å². The Morgan fingerprint density at radius 1 is 1.11 bits per heavy atom. The van der Waals surface area contributed by atoms with E-state index in [2.05, 4.69) is 10.6 Å². The summed E-state index contributed by atoms with van der Waals surface area (Å²) in [5.41, 5.74) is -0.104. The van der Waals surface area contributed by atoms with E-state index in [1.807, 2.05) is 20.1 Å². The quantitative estimate of drug-likeness (QED) is 0.410. The van der Waals surface area contributed by atoms with E-state index in [1.165, 1.54) is 12.1 Å². The SMILES string of the molecule is CSCCC(NC(=O)OC(C)(C)C)C(=O)N(C(C)C)C(C(=O)NC1CCCCC1)c1ccc(O)cc1. The molecule has 0 saturated heterocycles. The average molecular weight is 522 g/mol. The van der Waals surface area contributed by atoms with Gasteiger partial charge >= 0.3 is 6.09 Å². The van der Waals surface area contributed by atoms with Crippen LogP contribution >= 0.6 is 11.8 Å². The minimum absolute atomic E-state index is 0.0714. The van der Waals surface area contributed by atoms with Gasteiger partial charge in [0.05, 0.1) is 0 Å². The van der Waals surface area contributed by atoms with Crippen molar-refractivity contribution in [3.8, 4) is 5.75 Å². The standard InChI is InChI=1S/C27H43N3O5S/c1-18(2)30(25(33)22(16-17-36-6)29-26(34)35-27(3,4)5)23(19-12-14-21(31)15-13-19)24(32)28-20-10-8-7-9-11-20/h12-15,18,20,22-23,31H,7-11,16-17H2,1-6H3,(H,28,32)(H,29,34). The Kier molecular flexibility index (Phi) is 11.4. The van der Waals surface area contributed by atoms with Crippen LogP contribution in [0.2, 0.25) is 0 Å². The molecule has 0 radical (unpaired) electrons. The first-order valence-corrected chi connectivity index (χ1v) is 14.2. The van der Waals surface area contributed by atoms with E-state index in [4.69, 9.17) is 4.74 Å². The lowest BCUT2D eigenvalue weighted by atomic mass is 9.94. The number of benzene rings is 1. The first-order chi connectivity index (χ1) is 16.9. The molecule has 1 aliphatic carbocycles. The summed E-state index contributed by atoms with van der Waals surface area (Å²) >= 11 is 1.57. The van der Waals surface area contributed by atoms with Crippen LogP contribution in [0.1, 0.15) is 84.7 Å². The van der Waals surface area contributed by atoms with Crippen molar-refractivity contribution < 1.29 is 24.2 Å². The van der Waals surface area contributed by atoms with E-state index in [0.717, 1.165) is 32.1 Å². The topological polar surface area (TPSA) is 108 Å². The van der Waals surface area contributed by atoms with E-state index in [-0.39, 0.29) is 29.6 Å². The third kappa shape index (κ3) is 9.22. The lowest BCUT2D eigenvalue weighted by molar-refractivity contribution is -0.145. The second-order valence-corrected chi connectivity index (χ2v) is 11.6. The van der Waals surface area contributed by atoms with E-state index in [9.17, 15) is 19.5 Å². The van der Waals surface area contributed by atoms with Crippen molar-refractivity contribution in [2.45, 2.75) is 103 Å². The number of rotatable bonds is 10. The molecule has 0 bridgehead atoms. The Bertz CT molecular complexity index is 863. The van der Waals surface area contributed by atoms with Crippen LogP contribution in [0.5, 0.6) is 5.75 Å². The first-order valence-electron chi connectivity index (χ1n) is 12.8.